The summed E-state index contributed by atoms with van der Waals surface area (Å²) in [7, 11) is 1.13. The molecule has 0 heterocycles. The van der Waals surface area contributed by atoms with Crippen molar-refractivity contribution in [1.82, 2.24) is 0 Å². The molecule has 1 rings (SSSR count). The number of allylic oxidation sites excluding steroid dienone is 2. The van der Waals surface area contributed by atoms with Crippen LogP contribution in [0.15, 0.2) is 59.0 Å². The highest BCUT2D eigenvalue weighted by molar-refractivity contribution is 7.99. The maximum atomic E-state index is 12.1. The largest absolute Gasteiger partial charge is 0.460 e. The van der Waals surface area contributed by atoms with E-state index in [0.717, 1.165) is 24.0 Å². The summed E-state index contributed by atoms with van der Waals surface area (Å²) in [5.41, 5.74) is 10.3. The SMILES string of the molecule is C=C(C)[C@H](CCC(=O)C(=[N+]=[N-])C(=O)OC)/C(C)=C\CSc1ccccc1. The Morgan fingerprint density at radius 2 is 1.96 bits per heavy atom. The van der Waals surface area contributed by atoms with Crippen molar-refractivity contribution >= 4 is 29.2 Å². The van der Waals surface area contributed by atoms with Gasteiger partial charge in [0.2, 0.25) is 0 Å². The summed E-state index contributed by atoms with van der Waals surface area (Å²) in [6, 6.07) is 10.1. The highest BCUT2D eigenvalue weighted by atomic mass is 32.2. The van der Waals surface area contributed by atoms with Gasteiger partial charge in [0.05, 0.1) is 7.11 Å². The van der Waals surface area contributed by atoms with Gasteiger partial charge in [0.25, 0.3) is 5.78 Å². The van der Waals surface area contributed by atoms with E-state index in [9.17, 15) is 9.59 Å². The topological polar surface area (TPSA) is 79.8 Å². The number of ether oxygens (including phenoxy) is 1. The molecule has 0 N–H and O–H groups in total. The van der Waals surface area contributed by atoms with E-state index in [-0.39, 0.29) is 12.3 Å². The first-order chi connectivity index (χ1) is 12.4. The Kier molecular flexibility index (Phi) is 9.34. The first-order valence-electron chi connectivity index (χ1n) is 8.24. The number of Topliss-reactive ketones (excluding diaryl/α,β-unsaturated/α-hetero) is 1. The summed E-state index contributed by atoms with van der Waals surface area (Å²) in [4.78, 5) is 27.4. The van der Waals surface area contributed by atoms with Crippen LogP contribution in [0.25, 0.3) is 5.53 Å². The number of thioether (sulfide) groups is 1. The van der Waals surface area contributed by atoms with E-state index >= 15 is 0 Å². The van der Waals surface area contributed by atoms with Gasteiger partial charge in [-0.05, 0) is 32.4 Å². The Labute approximate surface area is 158 Å². The highest BCUT2D eigenvalue weighted by Crippen LogP contribution is 2.26. The summed E-state index contributed by atoms with van der Waals surface area (Å²) in [5.74, 6) is -0.639. The van der Waals surface area contributed by atoms with Gasteiger partial charge in [-0.2, -0.15) is 4.79 Å². The second-order valence-electron chi connectivity index (χ2n) is 5.87. The lowest BCUT2D eigenvalue weighted by atomic mass is 9.88. The Bertz CT molecular complexity index is 735. The molecule has 5 nitrogen and oxygen atoms in total. The van der Waals surface area contributed by atoms with Gasteiger partial charge in [-0.25, -0.2) is 4.79 Å². The molecule has 138 valence electrons. The molecule has 0 fully saturated rings. The molecule has 0 saturated heterocycles. The van der Waals surface area contributed by atoms with E-state index < -0.39 is 17.5 Å². The predicted molar refractivity (Wildman–Crippen MR) is 104 cm³/mol. The average molecular weight is 372 g/mol. The molecule has 0 aliphatic rings. The van der Waals surface area contributed by atoms with Crippen LogP contribution in [-0.4, -0.2) is 35.1 Å². The van der Waals surface area contributed by atoms with Gasteiger partial charge >= 0.3 is 11.7 Å². The Hall–Kier alpha value is -2.43. The fraction of sp³-hybridized carbons (Fsp3) is 0.350. The van der Waals surface area contributed by atoms with Crippen molar-refractivity contribution in [3.63, 3.8) is 0 Å². The molecule has 0 saturated carbocycles. The number of esters is 1. The summed E-state index contributed by atoms with van der Waals surface area (Å²) in [5, 5.41) is 0. The minimum absolute atomic E-state index is 0.0212. The number of rotatable bonds is 10. The third kappa shape index (κ3) is 6.82. The Balaban J connectivity index is 2.68. The second-order valence-corrected chi connectivity index (χ2v) is 6.97. The van der Waals surface area contributed by atoms with Gasteiger partial charge in [-0.1, -0.05) is 42.0 Å². The zero-order chi connectivity index (χ0) is 19.5. The molecular weight excluding hydrogens is 348 g/mol. The monoisotopic (exact) mass is 372 g/mol. The van der Waals surface area contributed by atoms with E-state index in [4.69, 9.17) is 5.53 Å². The smallest absolute Gasteiger partial charge is 0.441 e. The van der Waals surface area contributed by atoms with Crippen LogP contribution < -0.4 is 0 Å². The molecule has 1 aromatic rings. The molecule has 0 unspecified atom stereocenters. The van der Waals surface area contributed by atoms with Crippen molar-refractivity contribution in [3.05, 3.63) is 59.7 Å². The van der Waals surface area contributed by atoms with Crippen molar-refractivity contribution in [1.29, 1.82) is 0 Å². The molecule has 0 bridgehead atoms. The van der Waals surface area contributed by atoms with Crippen molar-refractivity contribution in [2.24, 2.45) is 5.92 Å². The quantitative estimate of drug-likeness (QED) is 0.118. The lowest BCUT2D eigenvalue weighted by Crippen LogP contribution is -2.27. The van der Waals surface area contributed by atoms with Gasteiger partial charge in [0, 0.05) is 23.0 Å². The zero-order valence-corrected chi connectivity index (χ0v) is 16.2. The lowest BCUT2D eigenvalue weighted by Gasteiger charge is -2.17. The van der Waals surface area contributed by atoms with Crippen LogP contribution >= 0.6 is 11.8 Å². The maximum absolute atomic E-state index is 12.1. The average Bonchev–Trinajstić information content (AvgIpc) is 2.62. The number of benzene rings is 1. The van der Waals surface area contributed by atoms with Crippen molar-refractivity contribution in [3.8, 4) is 0 Å². The van der Waals surface area contributed by atoms with E-state index in [1.165, 1.54) is 4.90 Å². The van der Waals surface area contributed by atoms with Crippen molar-refractivity contribution in [2.45, 2.75) is 31.6 Å². The van der Waals surface area contributed by atoms with E-state index in [0.29, 0.717) is 6.42 Å². The van der Waals surface area contributed by atoms with Crippen LogP contribution in [-0.2, 0) is 14.3 Å². The first kappa shape index (κ1) is 21.6. The molecule has 1 aromatic carbocycles. The maximum Gasteiger partial charge on any atom is 0.441 e. The third-order valence-electron chi connectivity index (χ3n) is 3.95. The number of hydrogen-bond acceptors (Lipinski definition) is 4. The molecule has 1 atom stereocenters. The number of methoxy groups -OCH3 is 1. The minimum atomic E-state index is -0.934. The number of hydrogen-bond donors (Lipinski definition) is 0. The second kappa shape index (κ2) is 11.2. The first-order valence-corrected chi connectivity index (χ1v) is 9.22. The molecule has 0 aliphatic carbocycles. The molecule has 6 heteroatoms. The van der Waals surface area contributed by atoms with Crippen LogP contribution in [0.5, 0.6) is 0 Å². The van der Waals surface area contributed by atoms with Gasteiger partial charge in [-0.3, -0.25) is 4.79 Å². The van der Waals surface area contributed by atoms with E-state index in [2.05, 4.69) is 34.3 Å². The van der Waals surface area contributed by atoms with E-state index in [1.54, 1.807) is 11.8 Å². The highest BCUT2D eigenvalue weighted by Gasteiger charge is 2.30. The molecule has 0 radical (unpaired) electrons. The number of carbonyl (C=O) groups excluding carboxylic acids is 2. The van der Waals surface area contributed by atoms with Gasteiger partial charge in [-0.15, -0.1) is 11.8 Å². The molecule has 0 spiro atoms. The van der Waals surface area contributed by atoms with Crippen LogP contribution in [0.3, 0.4) is 0 Å². The molecule has 26 heavy (non-hydrogen) atoms. The fourth-order valence-electron chi connectivity index (χ4n) is 2.49. The Morgan fingerprint density at radius 3 is 2.50 bits per heavy atom. The molecule has 0 aromatic heterocycles. The third-order valence-corrected chi connectivity index (χ3v) is 4.88. The van der Waals surface area contributed by atoms with Crippen molar-refractivity contribution < 1.29 is 19.1 Å². The normalized spacial score (nSPS) is 12.0. The molecular formula is C20H24N2O3S. The van der Waals surface area contributed by atoms with Crippen molar-refractivity contribution in [2.75, 3.05) is 12.9 Å². The van der Waals surface area contributed by atoms with Gasteiger partial charge in [0.15, 0.2) is 0 Å². The van der Waals surface area contributed by atoms with Gasteiger partial charge < -0.3 is 10.3 Å². The number of ketones is 1. The van der Waals surface area contributed by atoms with E-state index in [1.807, 2.05) is 32.0 Å². The molecule has 0 amide bonds. The summed E-state index contributed by atoms with van der Waals surface area (Å²) in [6.07, 6.45) is 2.69. The summed E-state index contributed by atoms with van der Waals surface area (Å²) in [6.45, 7) is 7.93. The number of nitrogens with zero attached hydrogens (tertiary/aromatic N) is 2. The fourth-order valence-corrected chi connectivity index (χ4v) is 3.38. The van der Waals surface area contributed by atoms with Crippen LogP contribution in [0.4, 0.5) is 0 Å². The van der Waals surface area contributed by atoms with Gasteiger partial charge in [0.1, 0.15) is 0 Å². The van der Waals surface area contributed by atoms with Crippen LogP contribution in [0, 0.1) is 5.92 Å². The molecule has 0 aliphatic heterocycles. The standard InChI is InChI=1S/C20H24N2O3S/c1-14(2)17(10-11-18(23)19(22-21)20(24)25-4)15(3)12-13-26-16-8-6-5-7-9-16/h5-9,12,17H,1,10-11,13H2,2-4H3/b15-12-/t17-/m0/s1. The van der Waals surface area contributed by atoms with Crippen LogP contribution in [0.2, 0.25) is 0 Å². The lowest BCUT2D eigenvalue weighted by molar-refractivity contribution is -0.139. The zero-order valence-electron chi connectivity index (χ0n) is 15.4. The summed E-state index contributed by atoms with van der Waals surface area (Å²) >= 11 is 1.73. The minimum Gasteiger partial charge on any atom is -0.460 e. The Morgan fingerprint density at radius 1 is 1.31 bits per heavy atom. The number of carbonyl (C=O) groups is 2. The van der Waals surface area contributed by atoms with Crippen LogP contribution in [0.1, 0.15) is 26.7 Å². The predicted octanol–water partition coefficient (Wildman–Crippen LogP) is 4.11. The summed E-state index contributed by atoms with van der Waals surface area (Å²) < 4.78 is 4.44.